The van der Waals surface area contributed by atoms with Gasteiger partial charge in [0.15, 0.2) is 18.0 Å². The summed E-state index contributed by atoms with van der Waals surface area (Å²) in [6, 6.07) is 12.7. The lowest BCUT2D eigenvalue weighted by atomic mass is 9.98. The van der Waals surface area contributed by atoms with E-state index in [4.69, 9.17) is 19.1 Å². The van der Waals surface area contributed by atoms with Gasteiger partial charge >= 0.3 is 5.97 Å². The number of carbonyl (C=O) groups is 1. The molecule has 0 saturated carbocycles. The second-order valence-electron chi connectivity index (χ2n) is 8.79. The van der Waals surface area contributed by atoms with Crippen LogP contribution in [0.3, 0.4) is 0 Å². The Morgan fingerprint density at radius 3 is 2.74 bits per heavy atom. The van der Waals surface area contributed by atoms with Gasteiger partial charge in [0.2, 0.25) is 0 Å². The van der Waals surface area contributed by atoms with Crippen LogP contribution in [0, 0.1) is 0 Å². The van der Waals surface area contributed by atoms with Crippen LogP contribution in [-0.2, 0) is 11.2 Å². The number of pyridine rings is 1. The normalized spacial score (nSPS) is 12.5. The first kappa shape index (κ1) is 24.2. The number of aliphatic carboxylic acids is 1. The van der Waals surface area contributed by atoms with Crippen LogP contribution in [-0.4, -0.2) is 62.1 Å². The topological polar surface area (TPSA) is 131 Å². The molecule has 0 aliphatic carbocycles. The van der Waals surface area contributed by atoms with Gasteiger partial charge in [-0.15, -0.1) is 0 Å². The number of fused-ring (bicyclic) bond motifs is 1. The van der Waals surface area contributed by atoms with Crippen molar-refractivity contribution in [1.29, 1.82) is 0 Å². The second kappa shape index (κ2) is 10.6. The fourth-order valence-electron chi connectivity index (χ4n) is 3.73. The van der Waals surface area contributed by atoms with E-state index in [1.165, 1.54) is 6.26 Å². The van der Waals surface area contributed by atoms with Crippen LogP contribution in [0.4, 0.5) is 0 Å². The molecule has 3 N–H and O–H groups in total. The monoisotopic (exact) mass is 480 g/mol. The number of aliphatic hydroxyl groups excluding tert-OH is 1. The zero-order valence-corrected chi connectivity index (χ0v) is 19.5. The summed E-state index contributed by atoms with van der Waals surface area (Å²) in [5.41, 5.74) is 2.57. The molecule has 184 valence electrons. The van der Waals surface area contributed by atoms with Crippen molar-refractivity contribution in [2.45, 2.75) is 31.9 Å². The summed E-state index contributed by atoms with van der Waals surface area (Å²) in [4.78, 5) is 15.2. The van der Waals surface area contributed by atoms with Crippen molar-refractivity contribution in [3.8, 4) is 22.8 Å². The number of rotatable bonds is 12. The van der Waals surface area contributed by atoms with E-state index in [0.717, 1.165) is 11.3 Å². The number of β-amino-alcohol motifs (C(OH)–C–C–N with tert-alkyl or cyclic N) is 1. The molecule has 3 aromatic heterocycles. The third-order valence-electron chi connectivity index (χ3n) is 5.40. The number of nitrogens with zero attached hydrogens (tertiary/aromatic N) is 3. The van der Waals surface area contributed by atoms with E-state index in [9.17, 15) is 9.90 Å². The fraction of sp³-hybridized carbons (Fsp3) is 0.320. The Bertz CT molecular complexity index is 1270. The van der Waals surface area contributed by atoms with Crippen molar-refractivity contribution in [3.63, 3.8) is 0 Å². The standard InChI is InChI=1S/C25H28N4O6/c1-25(2,12-17-13-26-24-22(34-16-23(31)32)8-5-10-29(17)24)27-14-18(30)15-33-21-7-4-3-6-19(21)20-9-11-35-28-20/h3-11,13,18,27,30H,12,14-16H2,1-2H3,(H,31,32)/t18-/m0/s1. The Labute approximate surface area is 202 Å². The van der Waals surface area contributed by atoms with Gasteiger partial charge in [0.05, 0.1) is 0 Å². The zero-order valence-electron chi connectivity index (χ0n) is 19.5. The summed E-state index contributed by atoms with van der Waals surface area (Å²) in [6.45, 7) is 4.06. The van der Waals surface area contributed by atoms with Gasteiger partial charge < -0.3 is 33.9 Å². The first-order valence-corrected chi connectivity index (χ1v) is 11.2. The molecule has 0 fully saturated rings. The number of benzene rings is 1. The molecule has 10 heteroatoms. The van der Waals surface area contributed by atoms with Crippen LogP contribution in [0.1, 0.15) is 19.5 Å². The highest BCUT2D eigenvalue weighted by Crippen LogP contribution is 2.28. The van der Waals surface area contributed by atoms with Crippen molar-refractivity contribution in [3.05, 3.63) is 66.8 Å². The zero-order chi connectivity index (χ0) is 24.8. The molecule has 1 aromatic carbocycles. The molecule has 0 bridgehead atoms. The highest BCUT2D eigenvalue weighted by atomic mass is 16.5. The third kappa shape index (κ3) is 6.17. The number of aromatic nitrogens is 3. The number of carboxylic acids is 1. The van der Waals surface area contributed by atoms with Crippen molar-refractivity contribution in [1.82, 2.24) is 19.9 Å². The lowest BCUT2D eigenvalue weighted by Gasteiger charge is -2.28. The van der Waals surface area contributed by atoms with E-state index in [1.54, 1.807) is 24.4 Å². The summed E-state index contributed by atoms with van der Waals surface area (Å²) in [5.74, 6) is -0.0231. The summed E-state index contributed by atoms with van der Waals surface area (Å²) >= 11 is 0. The first-order valence-electron chi connectivity index (χ1n) is 11.2. The molecule has 0 radical (unpaired) electrons. The maximum atomic E-state index is 10.8. The number of nitrogens with one attached hydrogen (secondary N) is 1. The van der Waals surface area contributed by atoms with Gasteiger partial charge in [-0.2, -0.15) is 0 Å². The minimum Gasteiger partial charge on any atom is -0.490 e. The number of hydrogen-bond acceptors (Lipinski definition) is 8. The van der Waals surface area contributed by atoms with Crippen molar-refractivity contribution >= 4 is 11.6 Å². The molecule has 3 heterocycles. The molecular weight excluding hydrogens is 452 g/mol. The minimum atomic E-state index is -1.05. The molecule has 10 nitrogen and oxygen atoms in total. The maximum absolute atomic E-state index is 10.8. The van der Waals surface area contributed by atoms with Gasteiger partial charge in [-0.3, -0.25) is 0 Å². The molecule has 35 heavy (non-hydrogen) atoms. The summed E-state index contributed by atoms with van der Waals surface area (Å²) in [5, 5.41) is 26.7. The Hall–Kier alpha value is -3.89. The number of carboxylic acid groups (broad SMARTS) is 1. The van der Waals surface area contributed by atoms with E-state index in [2.05, 4.69) is 15.5 Å². The number of hydrogen-bond donors (Lipinski definition) is 3. The largest absolute Gasteiger partial charge is 0.490 e. The predicted octanol–water partition coefficient (Wildman–Crippen LogP) is 2.80. The molecular formula is C25H28N4O6. The van der Waals surface area contributed by atoms with Crippen molar-refractivity contribution in [2.75, 3.05) is 19.8 Å². The van der Waals surface area contributed by atoms with Crippen LogP contribution in [0.5, 0.6) is 11.5 Å². The van der Waals surface area contributed by atoms with Crippen molar-refractivity contribution in [2.24, 2.45) is 0 Å². The molecule has 4 aromatic rings. The molecule has 0 saturated heterocycles. The number of para-hydroxylation sites is 1. The van der Waals surface area contributed by atoms with Crippen molar-refractivity contribution < 1.29 is 29.0 Å². The molecule has 0 unspecified atom stereocenters. The number of aliphatic hydroxyl groups is 1. The van der Waals surface area contributed by atoms with Gasteiger partial charge in [-0.05, 0) is 38.1 Å². The predicted molar refractivity (Wildman–Crippen MR) is 128 cm³/mol. The highest BCUT2D eigenvalue weighted by Gasteiger charge is 2.22. The summed E-state index contributed by atoms with van der Waals surface area (Å²) < 4.78 is 18.0. The average molecular weight is 481 g/mol. The molecule has 0 aliphatic rings. The van der Waals surface area contributed by atoms with Gasteiger partial charge in [0.25, 0.3) is 0 Å². The van der Waals surface area contributed by atoms with E-state index < -0.39 is 18.7 Å². The van der Waals surface area contributed by atoms with Crippen LogP contribution < -0.4 is 14.8 Å². The lowest BCUT2D eigenvalue weighted by Crippen LogP contribution is -2.46. The molecule has 4 rings (SSSR count). The Morgan fingerprint density at radius 2 is 1.97 bits per heavy atom. The van der Waals surface area contributed by atoms with E-state index in [0.29, 0.717) is 35.8 Å². The third-order valence-corrected chi connectivity index (χ3v) is 5.40. The Kier molecular flexibility index (Phi) is 7.33. The van der Waals surface area contributed by atoms with Gasteiger partial charge in [0.1, 0.15) is 30.4 Å². The molecule has 0 aliphatic heterocycles. The quantitative estimate of drug-likeness (QED) is 0.280. The van der Waals surface area contributed by atoms with Gasteiger partial charge in [0, 0.05) is 48.2 Å². The van der Waals surface area contributed by atoms with E-state index >= 15 is 0 Å². The summed E-state index contributed by atoms with van der Waals surface area (Å²) in [6.07, 6.45) is 4.97. The number of ether oxygens (including phenoxy) is 2. The molecule has 0 spiro atoms. The smallest absolute Gasteiger partial charge is 0.341 e. The molecule has 0 amide bonds. The first-order chi connectivity index (χ1) is 16.8. The van der Waals surface area contributed by atoms with E-state index in [-0.39, 0.29) is 12.1 Å². The van der Waals surface area contributed by atoms with E-state index in [1.807, 2.05) is 48.7 Å². The van der Waals surface area contributed by atoms with Crippen LogP contribution >= 0.6 is 0 Å². The lowest BCUT2D eigenvalue weighted by molar-refractivity contribution is -0.139. The Balaban J connectivity index is 1.34. The highest BCUT2D eigenvalue weighted by molar-refractivity contribution is 5.69. The Morgan fingerprint density at radius 1 is 1.17 bits per heavy atom. The van der Waals surface area contributed by atoms with Gasteiger partial charge in [-0.25, -0.2) is 9.78 Å². The number of imidazole rings is 1. The van der Waals surface area contributed by atoms with Gasteiger partial charge in [-0.1, -0.05) is 17.3 Å². The maximum Gasteiger partial charge on any atom is 0.341 e. The summed E-state index contributed by atoms with van der Waals surface area (Å²) in [7, 11) is 0. The van der Waals surface area contributed by atoms with Crippen LogP contribution in [0.15, 0.2) is 65.6 Å². The minimum absolute atomic E-state index is 0.109. The molecule has 1 atom stereocenters. The van der Waals surface area contributed by atoms with Crippen LogP contribution in [0.2, 0.25) is 0 Å². The SMILES string of the molecule is CC(C)(Cc1cnc2c(OCC(=O)O)cccn12)NC[C@H](O)COc1ccccc1-c1ccon1. The fourth-order valence-corrected chi connectivity index (χ4v) is 3.73. The average Bonchev–Trinajstić information content (AvgIpc) is 3.51. The second-order valence-corrected chi connectivity index (χ2v) is 8.79. The van der Waals surface area contributed by atoms with Crippen LogP contribution in [0.25, 0.3) is 16.9 Å².